The number of para-hydroxylation sites is 2. The molecule has 1 aliphatic rings. The highest BCUT2D eigenvalue weighted by Gasteiger charge is 2.33. The summed E-state index contributed by atoms with van der Waals surface area (Å²) in [6.07, 6.45) is -0.849. The van der Waals surface area contributed by atoms with Crippen LogP contribution in [-0.4, -0.2) is 62.0 Å². The van der Waals surface area contributed by atoms with E-state index in [1.54, 1.807) is 38.1 Å². The van der Waals surface area contributed by atoms with E-state index in [1.807, 2.05) is 0 Å². The first kappa shape index (κ1) is 27.1. The van der Waals surface area contributed by atoms with Crippen LogP contribution in [0.25, 0.3) is 0 Å². The molecule has 2 aromatic heterocycles. The molecule has 0 saturated heterocycles. The number of anilines is 1. The zero-order chi connectivity index (χ0) is 27.4. The van der Waals surface area contributed by atoms with Crippen LogP contribution in [-0.2, 0) is 24.1 Å². The fraction of sp³-hybridized carbons (Fsp3) is 0.348. The summed E-state index contributed by atoms with van der Waals surface area (Å²) in [7, 11) is -4.38. The number of nitrogens with zero attached hydrogens (tertiary/aromatic N) is 2. The standard InChI is InChI=1S/C23H23N3O10S2/c1-4-32-21(28)17-12(3)18(22(29)33-5-2)37-20(17)24-16(27)11-38(30,31)23-26-25-19(36-23)15-10-34-13-8-6-7-9-14(13)35-15/h6-9,15H,4-5,10-11H2,1-3H3,(H,24,27). The summed E-state index contributed by atoms with van der Waals surface area (Å²) in [6.45, 7) is 4.87. The Bertz CT molecular complexity index is 1480. The number of thiophene rings is 1. The lowest BCUT2D eigenvalue weighted by molar-refractivity contribution is -0.113. The zero-order valence-electron chi connectivity index (χ0n) is 20.5. The number of nitrogens with one attached hydrogen (secondary N) is 1. The van der Waals surface area contributed by atoms with Crippen LogP contribution in [0.15, 0.2) is 33.9 Å². The molecule has 0 aliphatic carbocycles. The van der Waals surface area contributed by atoms with Crippen LogP contribution in [0.4, 0.5) is 5.00 Å². The Hall–Kier alpha value is -3.98. The number of rotatable bonds is 9. The molecule has 1 unspecified atom stereocenters. The van der Waals surface area contributed by atoms with Gasteiger partial charge in [0.1, 0.15) is 22.2 Å². The lowest BCUT2D eigenvalue weighted by Gasteiger charge is -2.23. The molecular formula is C23H23N3O10S2. The highest BCUT2D eigenvalue weighted by Crippen LogP contribution is 2.36. The number of ether oxygens (including phenoxy) is 4. The van der Waals surface area contributed by atoms with Crippen molar-refractivity contribution >= 4 is 44.0 Å². The van der Waals surface area contributed by atoms with E-state index in [1.165, 1.54) is 6.92 Å². The Morgan fingerprint density at radius 3 is 2.47 bits per heavy atom. The maximum atomic E-state index is 12.8. The number of aromatic nitrogens is 2. The van der Waals surface area contributed by atoms with Crippen molar-refractivity contribution in [2.24, 2.45) is 0 Å². The van der Waals surface area contributed by atoms with Crippen LogP contribution in [0.1, 0.15) is 51.4 Å². The Morgan fingerprint density at radius 2 is 1.76 bits per heavy atom. The Labute approximate surface area is 221 Å². The van der Waals surface area contributed by atoms with Gasteiger partial charge in [0, 0.05) is 0 Å². The number of hydrogen-bond donors (Lipinski definition) is 1. The third-order valence-corrected chi connectivity index (χ3v) is 7.66. The van der Waals surface area contributed by atoms with Crippen molar-refractivity contribution in [2.45, 2.75) is 32.1 Å². The number of carbonyl (C=O) groups is 3. The lowest BCUT2D eigenvalue weighted by Crippen LogP contribution is -2.24. The number of fused-ring (bicyclic) bond motifs is 1. The third kappa shape index (κ3) is 5.62. The van der Waals surface area contributed by atoms with E-state index in [0.29, 0.717) is 11.5 Å². The minimum absolute atomic E-state index is 0.0103. The highest BCUT2D eigenvalue weighted by atomic mass is 32.2. The molecule has 1 N–H and O–H groups in total. The molecule has 1 amide bonds. The minimum atomic E-state index is -4.38. The van der Waals surface area contributed by atoms with Gasteiger partial charge in [-0.3, -0.25) is 4.79 Å². The molecule has 0 fully saturated rings. The highest BCUT2D eigenvalue weighted by molar-refractivity contribution is 7.91. The molecule has 4 rings (SSSR count). The van der Waals surface area contributed by atoms with Crippen molar-refractivity contribution in [3.05, 3.63) is 46.2 Å². The van der Waals surface area contributed by atoms with E-state index in [4.69, 9.17) is 23.4 Å². The normalized spacial score (nSPS) is 14.6. The average Bonchev–Trinajstić information content (AvgIpc) is 3.49. The van der Waals surface area contributed by atoms with Gasteiger partial charge < -0.3 is 28.7 Å². The fourth-order valence-electron chi connectivity index (χ4n) is 3.46. The molecule has 38 heavy (non-hydrogen) atoms. The van der Waals surface area contributed by atoms with Gasteiger partial charge in [-0.15, -0.1) is 16.4 Å². The summed E-state index contributed by atoms with van der Waals surface area (Å²) in [5.41, 5.74) is 0.170. The summed E-state index contributed by atoms with van der Waals surface area (Å²) in [5.74, 6) is -2.75. The molecular weight excluding hydrogens is 542 g/mol. The van der Waals surface area contributed by atoms with Gasteiger partial charge in [0.2, 0.25) is 21.8 Å². The second-order valence-corrected chi connectivity index (χ2v) is 10.7. The van der Waals surface area contributed by atoms with E-state index in [-0.39, 0.29) is 46.7 Å². The van der Waals surface area contributed by atoms with Gasteiger partial charge in [0.15, 0.2) is 11.5 Å². The van der Waals surface area contributed by atoms with E-state index < -0.39 is 44.8 Å². The van der Waals surface area contributed by atoms with Crippen molar-refractivity contribution < 1.29 is 46.2 Å². The number of sulfone groups is 1. The second kappa shape index (κ2) is 11.2. The summed E-state index contributed by atoms with van der Waals surface area (Å²) < 4.78 is 52.3. The predicted molar refractivity (Wildman–Crippen MR) is 131 cm³/mol. The fourth-order valence-corrected chi connectivity index (χ4v) is 5.48. The topological polar surface area (TPSA) is 173 Å². The summed E-state index contributed by atoms with van der Waals surface area (Å²) in [5, 5.41) is 8.83. The smallest absolute Gasteiger partial charge is 0.348 e. The first-order valence-corrected chi connectivity index (χ1v) is 13.8. The van der Waals surface area contributed by atoms with Crippen molar-refractivity contribution in [3.8, 4) is 11.5 Å². The van der Waals surface area contributed by atoms with Gasteiger partial charge in [-0.1, -0.05) is 17.2 Å². The molecule has 13 nitrogen and oxygen atoms in total. The van der Waals surface area contributed by atoms with E-state index >= 15 is 0 Å². The number of hydrogen-bond acceptors (Lipinski definition) is 13. The maximum absolute atomic E-state index is 12.8. The first-order valence-electron chi connectivity index (χ1n) is 11.4. The van der Waals surface area contributed by atoms with Gasteiger partial charge in [-0.25, -0.2) is 18.0 Å². The number of benzene rings is 1. The van der Waals surface area contributed by atoms with E-state index in [0.717, 1.165) is 11.3 Å². The molecule has 202 valence electrons. The minimum Gasteiger partial charge on any atom is -0.485 e. The van der Waals surface area contributed by atoms with E-state index in [9.17, 15) is 22.8 Å². The van der Waals surface area contributed by atoms with Crippen molar-refractivity contribution in [1.29, 1.82) is 0 Å². The van der Waals surface area contributed by atoms with Crippen LogP contribution in [0.3, 0.4) is 0 Å². The van der Waals surface area contributed by atoms with Crippen molar-refractivity contribution in [3.63, 3.8) is 0 Å². The zero-order valence-corrected chi connectivity index (χ0v) is 22.1. The van der Waals surface area contributed by atoms with Crippen LogP contribution >= 0.6 is 11.3 Å². The second-order valence-electron chi connectivity index (χ2n) is 7.78. The maximum Gasteiger partial charge on any atom is 0.348 e. The lowest BCUT2D eigenvalue weighted by atomic mass is 10.1. The van der Waals surface area contributed by atoms with Gasteiger partial charge >= 0.3 is 17.2 Å². The number of amides is 1. The molecule has 1 atom stereocenters. The first-order chi connectivity index (χ1) is 18.1. The Kier molecular flexibility index (Phi) is 7.97. The van der Waals surface area contributed by atoms with Crippen LogP contribution in [0.2, 0.25) is 0 Å². The Morgan fingerprint density at radius 1 is 1.08 bits per heavy atom. The SMILES string of the molecule is CCOC(=O)c1sc(NC(=O)CS(=O)(=O)c2nnc(C3COc4ccccc4O3)o2)c(C(=O)OCC)c1C. The van der Waals surface area contributed by atoms with Crippen LogP contribution in [0, 0.1) is 6.92 Å². The Balaban J connectivity index is 1.50. The summed E-state index contributed by atoms with van der Waals surface area (Å²) in [4.78, 5) is 37.6. The van der Waals surface area contributed by atoms with Crippen LogP contribution in [0.5, 0.6) is 11.5 Å². The van der Waals surface area contributed by atoms with Crippen molar-refractivity contribution in [2.75, 3.05) is 30.9 Å². The molecule has 1 aromatic carbocycles. The molecule has 0 spiro atoms. The molecule has 15 heteroatoms. The molecule has 3 heterocycles. The van der Waals surface area contributed by atoms with Crippen LogP contribution < -0.4 is 14.8 Å². The largest absolute Gasteiger partial charge is 0.485 e. The number of carbonyl (C=O) groups excluding carboxylic acids is 3. The molecule has 0 bridgehead atoms. The van der Waals surface area contributed by atoms with E-state index in [2.05, 4.69) is 15.5 Å². The predicted octanol–water partition coefficient (Wildman–Crippen LogP) is 2.72. The van der Waals surface area contributed by atoms with Gasteiger partial charge in [0.25, 0.3) is 5.89 Å². The molecule has 1 aliphatic heterocycles. The van der Waals surface area contributed by atoms with Gasteiger partial charge in [-0.2, -0.15) is 0 Å². The number of esters is 2. The van der Waals surface area contributed by atoms with Crippen molar-refractivity contribution in [1.82, 2.24) is 10.2 Å². The van der Waals surface area contributed by atoms with Gasteiger partial charge in [0.05, 0.1) is 18.8 Å². The molecule has 0 saturated carbocycles. The third-order valence-electron chi connectivity index (χ3n) is 5.13. The summed E-state index contributed by atoms with van der Waals surface area (Å²) in [6, 6.07) is 6.90. The average molecular weight is 566 g/mol. The monoisotopic (exact) mass is 565 g/mol. The molecule has 3 aromatic rings. The quantitative estimate of drug-likeness (QED) is 0.376. The van der Waals surface area contributed by atoms with Gasteiger partial charge in [-0.05, 0) is 38.5 Å². The summed E-state index contributed by atoms with van der Waals surface area (Å²) >= 11 is 0.772. The molecule has 0 radical (unpaired) electrons.